The largest absolute Gasteiger partial charge is 0.458 e. The van der Waals surface area contributed by atoms with Crippen LogP contribution < -0.4 is 5.32 Å². The fourth-order valence-electron chi connectivity index (χ4n) is 2.68. The summed E-state index contributed by atoms with van der Waals surface area (Å²) in [5, 5.41) is 14.8. The Kier molecular flexibility index (Phi) is 3.35. The van der Waals surface area contributed by atoms with E-state index in [2.05, 4.69) is 5.32 Å². The first-order valence-corrected chi connectivity index (χ1v) is 6.73. The standard InChI is InChI=1S/C15H19NO2/c17-13(10-12-6-3-4-8-16-12)15-9-11-5-1-2-7-14(11)18-15/h1-2,5,7,9,12-13,16-17H,3-4,6,8,10H2. The van der Waals surface area contributed by atoms with Gasteiger partial charge in [0.05, 0.1) is 0 Å². The number of benzene rings is 1. The first-order valence-electron chi connectivity index (χ1n) is 6.73. The van der Waals surface area contributed by atoms with Crippen molar-refractivity contribution in [2.24, 2.45) is 0 Å². The van der Waals surface area contributed by atoms with Gasteiger partial charge in [0.25, 0.3) is 0 Å². The molecule has 0 amide bonds. The van der Waals surface area contributed by atoms with Crippen molar-refractivity contribution in [3.05, 3.63) is 36.1 Å². The fraction of sp³-hybridized carbons (Fsp3) is 0.467. The molecule has 2 aromatic rings. The lowest BCUT2D eigenvalue weighted by Crippen LogP contribution is -2.35. The Bertz CT molecular complexity index is 481. The monoisotopic (exact) mass is 245 g/mol. The summed E-state index contributed by atoms with van der Waals surface area (Å²) >= 11 is 0. The van der Waals surface area contributed by atoms with Crippen LogP contribution in [0.3, 0.4) is 0 Å². The summed E-state index contributed by atoms with van der Waals surface area (Å²) in [6.07, 6.45) is 3.88. The van der Waals surface area contributed by atoms with Gasteiger partial charge in [0, 0.05) is 11.4 Å². The number of aliphatic hydroxyl groups is 1. The van der Waals surface area contributed by atoms with E-state index in [9.17, 15) is 5.11 Å². The summed E-state index contributed by atoms with van der Waals surface area (Å²) in [4.78, 5) is 0. The van der Waals surface area contributed by atoms with Crippen LogP contribution in [0, 0.1) is 0 Å². The Morgan fingerprint density at radius 1 is 1.33 bits per heavy atom. The van der Waals surface area contributed by atoms with Gasteiger partial charge in [0.2, 0.25) is 0 Å². The van der Waals surface area contributed by atoms with Gasteiger partial charge in [0.15, 0.2) is 0 Å². The van der Waals surface area contributed by atoms with E-state index in [1.165, 1.54) is 12.8 Å². The maximum absolute atomic E-state index is 10.2. The molecule has 2 unspecified atom stereocenters. The average Bonchev–Trinajstić information content (AvgIpc) is 2.84. The van der Waals surface area contributed by atoms with Gasteiger partial charge in [0.1, 0.15) is 17.4 Å². The number of rotatable bonds is 3. The van der Waals surface area contributed by atoms with E-state index in [1.807, 2.05) is 30.3 Å². The molecule has 3 rings (SSSR count). The molecule has 1 aliphatic heterocycles. The Labute approximate surface area is 107 Å². The minimum Gasteiger partial charge on any atom is -0.458 e. The Balaban J connectivity index is 1.72. The number of fused-ring (bicyclic) bond motifs is 1. The van der Waals surface area contributed by atoms with Gasteiger partial charge in [-0.25, -0.2) is 0 Å². The van der Waals surface area contributed by atoms with Gasteiger partial charge in [-0.1, -0.05) is 24.6 Å². The van der Waals surface area contributed by atoms with Crippen molar-refractivity contribution in [1.29, 1.82) is 0 Å². The van der Waals surface area contributed by atoms with Gasteiger partial charge in [-0.2, -0.15) is 0 Å². The molecule has 0 radical (unpaired) electrons. The Hall–Kier alpha value is -1.32. The molecule has 0 saturated carbocycles. The van der Waals surface area contributed by atoms with E-state index in [0.29, 0.717) is 11.8 Å². The van der Waals surface area contributed by atoms with E-state index in [1.54, 1.807) is 0 Å². The number of furan rings is 1. The molecule has 2 N–H and O–H groups in total. The van der Waals surface area contributed by atoms with Gasteiger partial charge in [-0.05, 0) is 37.9 Å². The first kappa shape index (κ1) is 11.8. The highest BCUT2D eigenvalue weighted by atomic mass is 16.4. The minimum atomic E-state index is -0.506. The van der Waals surface area contributed by atoms with Crippen molar-refractivity contribution < 1.29 is 9.52 Å². The van der Waals surface area contributed by atoms with Crippen molar-refractivity contribution in [2.75, 3.05) is 6.54 Å². The Morgan fingerprint density at radius 3 is 3.00 bits per heavy atom. The van der Waals surface area contributed by atoms with Crippen molar-refractivity contribution in [3.63, 3.8) is 0 Å². The van der Waals surface area contributed by atoms with Crippen LogP contribution in [0.1, 0.15) is 37.5 Å². The zero-order valence-corrected chi connectivity index (χ0v) is 10.4. The smallest absolute Gasteiger partial charge is 0.134 e. The Morgan fingerprint density at radius 2 is 2.22 bits per heavy atom. The molecule has 0 aliphatic carbocycles. The van der Waals surface area contributed by atoms with Crippen LogP contribution in [0.4, 0.5) is 0 Å². The van der Waals surface area contributed by atoms with Crippen LogP contribution in [0.2, 0.25) is 0 Å². The molecule has 2 heterocycles. The van der Waals surface area contributed by atoms with Gasteiger partial charge in [-0.3, -0.25) is 0 Å². The molecule has 0 spiro atoms. The van der Waals surface area contributed by atoms with Gasteiger partial charge < -0.3 is 14.8 Å². The summed E-state index contributed by atoms with van der Waals surface area (Å²) < 4.78 is 5.69. The van der Waals surface area contributed by atoms with E-state index in [4.69, 9.17) is 4.42 Å². The number of aliphatic hydroxyl groups excluding tert-OH is 1. The van der Waals surface area contributed by atoms with Crippen LogP contribution in [-0.4, -0.2) is 17.7 Å². The molecule has 2 atom stereocenters. The maximum Gasteiger partial charge on any atom is 0.134 e. The summed E-state index contributed by atoms with van der Waals surface area (Å²) in [6.45, 7) is 1.07. The summed E-state index contributed by atoms with van der Waals surface area (Å²) in [6, 6.07) is 10.2. The minimum absolute atomic E-state index is 0.418. The van der Waals surface area contributed by atoms with Gasteiger partial charge in [-0.15, -0.1) is 0 Å². The van der Waals surface area contributed by atoms with Crippen LogP contribution in [0.15, 0.2) is 34.7 Å². The van der Waals surface area contributed by atoms with E-state index in [-0.39, 0.29) is 0 Å². The predicted molar refractivity (Wildman–Crippen MR) is 71.4 cm³/mol. The van der Waals surface area contributed by atoms with Crippen molar-refractivity contribution in [3.8, 4) is 0 Å². The molecule has 0 bridgehead atoms. The van der Waals surface area contributed by atoms with E-state index in [0.717, 1.165) is 30.4 Å². The molecule has 1 aromatic carbocycles. The molecule has 18 heavy (non-hydrogen) atoms. The number of hydrogen-bond acceptors (Lipinski definition) is 3. The lowest BCUT2D eigenvalue weighted by atomic mass is 9.98. The number of piperidine rings is 1. The second-order valence-electron chi connectivity index (χ2n) is 5.08. The molecular formula is C15H19NO2. The van der Waals surface area contributed by atoms with Crippen LogP contribution >= 0.6 is 0 Å². The predicted octanol–water partition coefficient (Wildman–Crippen LogP) is 3.00. The van der Waals surface area contributed by atoms with Crippen LogP contribution in [0.5, 0.6) is 0 Å². The molecule has 3 heteroatoms. The van der Waals surface area contributed by atoms with Crippen molar-refractivity contribution >= 4 is 11.0 Å². The van der Waals surface area contributed by atoms with Crippen molar-refractivity contribution in [2.45, 2.75) is 37.8 Å². The summed E-state index contributed by atoms with van der Waals surface area (Å²) in [5.74, 6) is 0.684. The zero-order valence-electron chi connectivity index (χ0n) is 10.4. The average molecular weight is 245 g/mol. The highest BCUT2D eigenvalue weighted by molar-refractivity contribution is 5.77. The lowest BCUT2D eigenvalue weighted by Gasteiger charge is -2.24. The molecule has 96 valence electrons. The molecule has 1 aliphatic rings. The topological polar surface area (TPSA) is 45.4 Å². The molecule has 3 nitrogen and oxygen atoms in total. The lowest BCUT2D eigenvalue weighted by molar-refractivity contribution is 0.123. The molecule has 1 fully saturated rings. The molecule has 1 saturated heterocycles. The van der Waals surface area contributed by atoms with E-state index < -0.39 is 6.10 Å². The third-order valence-corrected chi connectivity index (χ3v) is 3.69. The number of nitrogens with one attached hydrogen (secondary N) is 1. The van der Waals surface area contributed by atoms with E-state index >= 15 is 0 Å². The van der Waals surface area contributed by atoms with Crippen molar-refractivity contribution in [1.82, 2.24) is 5.32 Å². The third-order valence-electron chi connectivity index (χ3n) is 3.69. The number of hydrogen-bond donors (Lipinski definition) is 2. The fourth-order valence-corrected chi connectivity index (χ4v) is 2.68. The highest BCUT2D eigenvalue weighted by Crippen LogP contribution is 2.27. The zero-order chi connectivity index (χ0) is 12.4. The first-order chi connectivity index (χ1) is 8.83. The quantitative estimate of drug-likeness (QED) is 0.873. The second-order valence-corrected chi connectivity index (χ2v) is 5.08. The highest BCUT2D eigenvalue weighted by Gasteiger charge is 2.20. The summed E-state index contributed by atoms with van der Waals surface area (Å²) in [7, 11) is 0. The SMILES string of the molecule is OC(CC1CCCCN1)c1cc2ccccc2o1. The second kappa shape index (κ2) is 5.12. The molecular weight excluding hydrogens is 226 g/mol. The van der Waals surface area contributed by atoms with Crippen LogP contribution in [-0.2, 0) is 0 Å². The number of para-hydroxylation sites is 1. The van der Waals surface area contributed by atoms with Gasteiger partial charge >= 0.3 is 0 Å². The summed E-state index contributed by atoms with van der Waals surface area (Å²) in [5.41, 5.74) is 0.850. The molecule has 1 aromatic heterocycles. The maximum atomic E-state index is 10.2. The normalized spacial score (nSPS) is 22.2. The van der Waals surface area contributed by atoms with Crippen LogP contribution in [0.25, 0.3) is 11.0 Å². The third kappa shape index (κ3) is 2.42.